The van der Waals surface area contributed by atoms with E-state index in [2.05, 4.69) is 0 Å². The Morgan fingerprint density at radius 3 is 2.40 bits per heavy atom. The zero-order valence-corrected chi connectivity index (χ0v) is 9.19. The van der Waals surface area contributed by atoms with Crippen molar-refractivity contribution in [2.75, 3.05) is 6.61 Å². The molecule has 4 heteroatoms. The molecular weight excluding hydrogens is 214 g/mol. The highest BCUT2D eigenvalue weighted by Gasteiger charge is 2.31. The van der Waals surface area contributed by atoms with E-state index in [1.807, 2.05) is 30.3 Å². The van der Waals surface area contributed by atoms with Crippen LogP contribution in [-0.4, -0.2) is 27.9 Å². The van der Waals surface area contributed by atoms with E-state index < -0.39 is 11.1 Å². The molecule has 1 rings (SSSR count). The van der Waals surface area contributed by atoms with Crippen molar-refractivity contribution >= 4 is 11.6 Å². The van der Waals surface area contributed by atoms with Gasteiger partial charge >= 0.3 is 0 Å². The molecule has 0 bridgehead atoms. The number of rotatable bonds is 5. The fourth-order valence-corrected chi connectivity index (χ4v) is 1.47. The Morgan fingerprint density at radius 2 is 1.93 bits per heavy atom. The van der Waals surface area contributed by atoms with Crippen molar-refractivity contribution in [3.8, 4) is 0 Å². The Balaban J connectivity index is 2.55. The summed E-state index contributed by atoms with van der Waals surface area (Å²) in [5.41, 5.74) is 4.51. The van der Waals surface area contributed by atoms with Gasteiger partial charge in [0.25, 0.3) is 0 Å². The summed E-state index contributed by atoms with van der Waals surface area (Å²) in [5.74, 6) is 0. The van der Waals surface area contributed by atoms with Crippen LogP contribution < -0.4 is 5.73 Å². The molecule has 15 heavy (non-hydrogen) atoms. The van der Waals surface area contributed by atoms with Gasteiger partial charge in [-0.15, -0.1) is 0 Å². The quantitative estimate of drug-likeness (QED) is 0.657. The molecule has 1 aromatic carbocycles. The zero-order valence-electron chi connectivity index (χ0n) is 8.44. The lowest BCUT2D eigenvalue weighted by molar-refractivity contribution is 0.0887. The maximum absolute atomic E-state index is 9.23. The van der Waals surface area contributed by atoms with Crippen LogP contribution in [-0.2, 0) is 6.42 Å². The summed E-state index contributed by atoms with van der Waals surface area (Å²) in [6.07, 6.45) is 1.12. The van der Waals surface area contributed by atoms with Crippen molar-refractivity contribution in [1.82, 2.24) is 0 Å². The number of benzene rings is 1. The third-order valence-corrected chi connectivity index (χ3v) is 2.93. The van der Waals surface area contributed by atoms with Crippen molar-refractivity contribution in [3.63, 3.8) is 0 Å². The van der Waals surface area contributed by atoms with Gasteiger partial charge in [0.15, 0.2) is 0 Å². The molecule has 0 fully saturated rings. The van der Waals surface area contributed by atoms with E-state index in [-0.39, 0.29) is 6.61 Å². The SMILES string of the molecule is NC(CO)(CCc1ccccc1)C(O)Cl. The third kappa shape index (κ3) is 3.47. The third-order valence-electron chi connectivity index (χ3n) is 2.49. The van der Waals surface area contributed by atoms with Crippen LogP contribution >= 0.6 is 11.6 Å². The molecule has 0 aliphatic carbocycles. The molecule has 4 N–H and O–H groups in total. The molecule has 0 radical (unpaired) electrons. The van der Waals surface area contributed by atoms with Gasteiger partial charge in [-0.25, -0.2) is 0 Å². The van der Waals surface area contributed by atoms with Gasteiger partial charge in [0.2, 0.25) is 0 Å². The van der Waals surface area contributed by atoms with Gasteiger partial charge < -0.3 is 15.9 Å². The van der Waals surface area contributed by atoms with E-state index in [1.165, 1.54) is 0 Å². The van der Waals surface area contributed by atoms with Crippen molar-refractivity contribution in [2.24, 2.45) is 5.73 Å². The number of aryl methyl sites for hydroxylation is 1. The van der Waals surface area contributed by atoms with Crippen LogP contribution in [0.4, 0.5) is 0 Å². The van der Waals surface area contributed by atoms with E-state index in [4.69, 9.17) is 22.4 Å². The molecule has 3 nitrogen and oxygen atoms in total. The monoisotopic (exact) mass is 229 g/mol. The first kappa shape index (κ1) is 12.5. The molecule has 0 saturated heterocycles. The fraction of sp³-hybridized carbons (Fsp3) is 0.455. The summed E-state index contributed by atoms with van der Waals surface area (Å²) in [5, 5.41) is 18.3. The number of nitrogens with two attached hydrogens (primary N) is 1. The number of halogens is 1. The van der Waals surface area contributed by atoms with Crippen molar-refractivity contribution in [1.29, 1.82) is 0 Å². The number of hydrogen-bond donors (Lipinski definition) is 3. The Morgan fingerprint density at radius 1 is 1.33 bits per heavy atom. The standard InChI is InChI=1S/C11H16ClNO2/c12-10(15)11(13,8-14)7-6-9-4-2-1-3-5-9/h1-5,10,14-15H,6-8,13H2. The van der Waals surface area contributed by atoms with Crippen LogP contribution in [0.5, 0.6) is 0 Å². The average Bonchev–Trinajstić information content (AvgIpc) is 2.27. The van der Waals surface area contributed by atoms with Crippen LogP contribution in [0.3, 0.4) is 0 Å². The summed E-state index contributed by atoms with van der Waals surface area (Å²) in [7, 11) is 0. The normalized spacial score (nSPS) is 17.1. The van der Waals surface area contributed by atoms with Crippen molar-refractivity contribution in [2.45, 2.75) is 23.9 Å². The highest BCUT2D eigenvalue weighted by molar-refractivity contribution is 6.20. The molecule has 0 amide bonds. The molecule has 2 unspecified atom stereocenters. The highest BCUT2D eigenvalue weighted by Crippen LogP contribution is 2.18. The Kier molecular flexibility index (Phi) is 4.54. The van der Waals surface area contributed by atoms with E-state index in [1.54, 1.807) is 0 Å². The van der Waals surface area contributed by atoms with E-state index in [9.17, 15) is 5.11 Å². The predicted octanol–water partition coefficient (Wildman–Crippen LogP) is 0.866. The molecule has 0 saturated carbocycles. The number of alkyl halides is 1. The Bertz CT molecular complexity index is 292. The number of hydrogen-bond acceptors (Lipinski definition) is 3. The lowest BCUT2D eigenvalue weighted by Crippen LogP contribution is -2.52. The van der Waals surface area contributed by atoms with Crippen LogP contribution in [0.15, 0.2) is 30.3 Å². The van der Waals surface area contributed by atoms with Gasteiger partial charge in [-0.3, -0.25) is 0 Å². The molecule has 1 aromatic rings. The molecule has 0 aliphatic rings. The first-order chi connectivity index (χ1) is 7.08. The Labute approximate surface area is 94.5 Å². The minimum Gasteiger partial charge on any atom is -0.394 e. The lowest BCUT2D eigenvalue weighted by Gasteiger charge is -2.28. The summed E-state index contributed by atoms with van der Waals surface area (Å²) in [6, 6.07) is 9.74. The maximum atomic E-state index is 9.23. The van der Waals surface area contributed by atoms with Gasteiger partial charge in [0.1, 0.15) is 5.56 Å². The van der Waals surface area contributed by atoms with E-state index >= 15 is 0 Å². The van der Waals surface area contributed by atoms with Crippen LogP contribution in [0, 0.1) is 0 Å². The topological polar surface area (TPSA) is 66.5 Å². The van der Waals surface area contributed by atoms with E-state index in [0.717, 1.165) is 5.56 Å². The van der Waals surface area contributed by atoms with Gasteiger partial charge in [0, 0.05) is 0 Å². The van der Waals surface area contributed by atoms with Crippen LogP contribution in [0.25, 0.3) is 0 Å². The minimum atomic E-state index is -1.23. The zero-order chi connectivity index (χ0) is 11.3. The predicted molar refractivity (Wildman–Crippen MR) is 60.6 cm³/mol. The molecule has 0 heterocycles. The summed E-state index contributed by atoms with van der Waals surface area (Å²) < 4.78 is 0. The van der Waals surface area contributed by atoms with Crippen LogP contribution in [0.1, 0.15) is 12.0 Å². The van der Waals surface area contributed by atoms with Gasteiger partial charge in [-0.2, -0.15) is 0 Å². The molecule has 84 valence electrons. The largest absolute Gasteiger partial charge is 0.394 e. The number of aliphatic hydroxyl groups excluding tert-OH is 2. The fourth-order valence-electron chi connectivity index (χ4n) is 1.30. The van der Waals surface area contributed by atoms with Gasteiger partial charge in [-0.1, -0.05) is 41.9 Å². The smallest absolute Gasteiger partial charge is 0.148 e. The van der Waals surface area contributed by atoms with Crippen LogP contribution in [0.2, 0.25) is 0 Å². The van der Waals surface area contributed by atoms with Crippen molar-refractivity contribution < 1.29 is 10.2 Å². The van der Waals surface area contributed by atoms with Crippen molar-refractivity contribution in [3.05, 3.63) is 35.9 Å². The second-order valence-electron chi connectivity index (χ2n) is 3.71. The molecule has 2 atom stereocenters. The molecule has 0 spiro atoms. The second-order valence-corrected chi connectivity index (χ2v) is 4.13. The van der Waals surface area contributed by atoms with E-state index in [0.29, 0.717) is 12.8 Å². The average molecular weight is 230 g/mol. The van der Waals surface area contributed by atoms with Gasteiger partial charge in [0.05, 0.1) is 12.1 Å². The summed E-state index contributed by atoms with van der Waals surface area (Å²) in [6.45, 7) is -0.329. The lowest BCUT2D eigenvalue weighted by atomic mass is 9.94. The van der Waals surface area contributed by atoms with Gasteiger partial charge in [-0.05, 0) is 18.4 Å². The number of aliphatic hydroxyl groups is 2. The molecular formula is C11H16ClNO2. The minimum absolute atomic E-state index is 0.329. The summed E-state index contributed by atoms with van der Waals surface area (Å²) in [4.78, 5) is 0. The second kappa shape index (κ2) is 5.47. The first-order valence-corrected chi connectivity index (χ1v) is 5.28. The maximum Gasteiger partial charge on any atom is 0.148 e. The molecule has 0 aromatic heterocycles. The molecule has 0 aliphatic heterocycles. The highest BCUT2D eigenvalue weighted by atomic mass is 35.5. The summed E-state index contributed by atoms with van der Waals surface area (Å²) >= 11 is 5.52. The Hall–Kier alpha value is -0.610. The first-order valence-electron chi connectivity index (χ1n) is 4.84.